The smallest absolute Gasteiger partial charge is 0.345 e. The van der Waals surface area contributed by atoms with Crippen LogP contribution in [0, 0.1) is 13.8 Å². The van der Waals surface area contributed by atoms with Crippen LogP contribution in [0.1, 0.15) is 32.9 Å². The van der Waals surface area contributed by atoms with Gasteiger partial charge in [0, 0.05) is 5.56 Å². The van der Waals surface area contributed by atoms with Crippen LogP contribution in [-0.4, -0.2) is 32.3 Å². The molecule has 1 aromatic heterocycles. The summed E-state index contributed by atoms with van der Waals surface area (Å²) in [7, 11) is 0. The number of nitrogens with zero attached hydrogens (tertiary/aromatic N) is 3. The Balaban J connectivity index is 1.54. The molecule has 0 saturated carbocycles. The molecule has 4 rings (SSSR count). The molecule has 0 aliphatic carbocycles. The lowest BCUT2D eigenvalue weighted by molar-refractivity contribution is -0.137. The summed E-state index contributed by atoms with van der Waals surface area (Å²) >= 11 is 19.3. The number of rotatable bonds is 8. The van der Waals surface area contributed by atoms with E-state index < -0.39 is 17.6 Å². The molecule has 2 amide bonds. The van der Waals surface area contributed by atoms with Crippen LogP contribution in [-0.2, 0) is 17.5 Å². The van der Waals surface area contributed by atoms with Gasteiger partial charge in [-0.3, -0.25) is 14.2 Å². The number of thioether (sulfide) groups is 1. The van der Waals surface area contributed by atoms with Gasteiger partial charge >= 0.3 is 6.18 Å². The van der Waals surface area contributed by atoms with Crippen molar-refractivity contribution in [2.24, 2.45) is 0 Å². The summed E-state index contributed by atoms with van der Waals surface area (Å²) in [6, 6.07) is 12.8. The highest BCUT2D eigenvalue weighted by atomic mass is 35.5. The van der Waals surface area contributed by atoms with E-state index in [0.717, 1.165) is 41.1 Å². The van der Waals surface area contributed by atoms with E-state index in [0.29, 0.717) is 22.1 Å². The minimum atomic E-state index is -4.60. The maximum absolute atomic E-state index is 13.1. The molecule has 0 atom stereocenters. The molecular formula is C27H21Cl3F3N5O2S. The zero-order valence-electron chi connectivity index (χ0n) is 21.4. The van der Waals surface area contributed by atoms with Gasteiger partial charge in [0.05, 0.1) is 44.3 Å². The molecular weight excluding hydrogens is 622 g/mol. The summed E-state index contributed by atoms with van der Waals surface area (Å²) < 4.78 is 40.9. The highest BCUT2D eigenvalue weighted by molar-refractivity contribution is 7.99. The molecule has 4 aromatic rings. The Morgan fingerprint density at radius 2 is 1.63 bits per heavy atom. The number of alkyl halides is 3. The lowest BCUT2D eigenvalue weighted by Crippen LogP contribution is -2.24. The Hall–Kier alpha value is -3.25. The fraction of sp³-hybridized carbons (Fsp3) is 0.185. The molecule has 2 N–H and O–H groups in total. The summed E-state index contributed by atoms with van der Waals surface area (Å²) in [5, 5.41) is 14.4. The van der Waals surface area contributed by atoms with Crippen LogP contribution in [0.2, 0.25) is 15.1 Å². The third-order valence-corrected chi connectivity index (χ3v) is 7.94. The van der Waals surface area contributed by atoms with Crippen molar-refractivity contribution in [2.75, 3.05) is 11.1 Å². The van der Waals surface area contributed by atoms with Crippen molar-refractivity contribution in [3.8, 4) is 5.69 Å². The van der Waals surface area contributed by atoms with Gasteiger partial charge in [0.2, 0.25) is 5.91 Å². The molecule has 0 aliphatic rings. The van der Waals surface area contributed by atoms with Gasteiger partial charge in [-0.15, -0.1) is 10.2 Å². The molecule has 0 unspecified atom stereocenters. The van der Waals surface area contributed by atoms with Crippen LogP contribution in [0.25, 0.3) is 5.69 Å². The number of nitrogens with one attached hydrogen (secondary N) is 2. The van der Waals surface area contributed by atoms with Crippen LogP contribution >= 0.6 is 46.6 Å². The van der Waals surface area contributed by atoms with Crippen molar-refractivity contribution in [1.82, 2.24) is 20.1 Å². The molecule has 1 heterocycles. The number of carbonyl (C=O) groups excluding carboxylic acids is 2. The van der Waals surface area contributed by atoms with Crippen molar-refractivity contribution in [3.63, 3.8) is 0 Å². The number of amides is 2. The van der Waals surface area contributed by atoms with E-state index in [4.69, 9.17) is 34.8 Å². The number of hydrogen-bond acceptors (Lipinski definition) is 5. The lowest BCUT2D eigenvalue weighted by atomic mass is 10.1. The first-order valence-electron chi connectivity index (χ1n) is 11.9. The Kier molecular flexibility index (Phi) is 9.53. The normalized spacial score (nSPS) is 11.4. The molecule has 41 heavy (non-hydrogen) atoms. The highest BCUT2D eigenvalue weighted by Crippen LogP contribution is 2.34. The van der Waals surface area contributed by atoms with Gasteiger partial charge in [-0.2, -0.15) is 13.2 Å². The SMILES string of the molecule is Cc1ccc(C(=O)NCc2nnc(SCC(=O)Nc3cc(C(F)(F)F)ccc3Cl)n2-c2ccc(Cl)c(Cl)c2)cc1C. The summed E-state index contributed by atoms with van der Waals surface area (Å²) in [5.74, 6) is -0.835. The number of benzene rings is 3. The largest absolute Gasteiger partial charge is 0.416 e. The van der Waals surface area contributed by atoms with Gasteiger partial charge < -0.3 is 10.6 Å². The number of halogens is 6. The monoisotopic (exact) mass is 641 g/mol. The van der Waals surface area contributed by atoms with E-state index >= 15 is 0 Å². The topological polar surface area (TPSA) is 88.9 Å². The fourth-order valence-electron chi connectivity index (χ4n) is 3.65. The maximum Gasteiger partial charge on any atom is 0.416 e. The number of carbonyl (C=O) groups is 2. The standard InChI is InChI=1S/C27H21Cl3F3N5O2S/c1-14-3-4-16(9-15(14)2)25(40)34-12-23-36-37-26(38(23)18-6-8-19(28)21(30)11-18)41-13-24(39)35-22-10-17(27(31,32)33)5-7-20(22)29/h3-11H,12-13H2,1-2H3,(H,34,40)(H,35,39). The number of anilines is 1. The fourth-order valence-corrected chi connectivity index (χ4v) is 4.88. The van der Waals surface area contributed by atoms with Crippen LogP contribution in [0.15, 0.2) is 59.8 Å². The minimum absolute atomic E-state index is 0.00833. The van der Waals surface area contributed by atoms with Gasteiger partial charge in [-0.1, -0.05) is 52.6 Å². The van der Waals surface area contributed by atoms with Crippen molar-refractivity contribution in [1.29, 1.82) is 0 Å². The summed E-state index contributed by atoms with van der Waals surface area (Å²) in [6.07, 6.45) is -4.60. The zero-order chi connectivity index (χ0) is 29.9. The van der Waals surface area contributed by atoms with Gasteiger partial charge in [-0.25, -0.2) is 0 Å². The summed E-state index contributed by atoms with van der Waals surface area (Å²) in [6.45, 7) is 3.85. The third-order valence-electron chi connectivity index (χ3n) is 5.94. The number of aromatic nitrogens is 3. The van der Waals surface area contributed by atoms with Crippen LogP contribution in [0.3, 0.4) is 0 Å². The average molecular weight is 643 g/mol. The maximum atomic E-state index is 13.1. The van der Waals surface area contributed by atoms with E-state index in [2.05, 4.69) is 20.8 Å². The van der Waals surface area contributed by atoms with Gasteiger partial charge in [-0.05, 0) is 73.5 Å². The van der Waals surface area contributed by atoms with Gasteiger partial charge in [0.25, 0.3) is 5.91 Å². The highest BCUT2D eigenvalue weighted by Gasteiger charge is 2.31. The lowest BCUT2D eigenvalue weighted by Gasteiger charge is -2.13. The molecule has 0 aliphatic heterocycles. The number of aryl methyl sites for hydroxylation is 2. The average Bonchev–Trinajstić information content (AvgIpc) is 3.32. The number of hydrogen-bond donors (Lipinski definition) is 2. The first kappa shape index (κ1) is 30.7. The van der Waals surface area contributed by atoms with Crippen molar-refractivity contribution in [2.45, 2.75) is 31.7 Å². The van der Waals surface area contributed by atoms with E-state index in [1.54, 1.807) is 34.9 Å². The quantitative estimate of drug-likeness (QED) is 0.194. The van der Waals surface area contributed by atoms with E-state index in [-0.39, 0.29) is 39.1 Å². The molecule has 7 nitrogen and oxygen atoms in total. The minimum Gasteiger partial charge on any atom is -0.345 e. The summed E-state index contributed by atoms with van der Waals surface area (Å²) in [4.78, 5) is 25.4. The molecule has 3 aromatic carbocycles. The van der Waals surface area contributed by atoms with E-state index in [1.807, 2.05) is 19.9 Å². The summed E-state index contributed by atoms with van der Waals surface area (Å²) in [5.41, 5.74) is 1.91. The van der Waals surface area contributed by atoms with E-state index in [1.165, 1.54) is 0 Å². The Bertz CT molecular complexity index is 1630. The molecule has 0 fully saturated rings. The molecule has 0 radical (unpaired) electrons. The molecule has 214 valence electrons. The second-order valence-electron chi connectivity index (χ2n) is 8.84. The second kappa shape index (κ2) is 12.7. The van der Waals surface area contributed by atoms with Crippen molar-refractivity contribution in [3.05, 3.63) is 97.7 Å². The van der Waals surface area contributed by atoms with Crippen LogP contribution in [0.5, 0.6) is 0 Å². The first-order valence-corrected chi connectivity index (χ1v) is 14.0. The van der Waals surface area contributed by atoms with Crippen LogP contribution in [0.4, 0.5) is 18.9 Å². The van der Waals surface area contributed by atoms with Crippen LogP contribution < -0.4 is 10.6 Å². The molecule has 14 heteroatoms. The van der Waals surface area contributed by atoms with E-state index in [9.17, 15) is 22.8 Å². The predicted octanol–water partition coefficient (Wildman–Crippen LogP) is 7.52. The molecule has 0 bridgehead atoms. The van der Waals surface area contributed by atoms with Crippen molar-refractivity contribution >= 4 is 64.1 Å². The van der Waals surface area contributed by atoms with Gasteiger partial charge in [0.15, 0.2) is 11.0 Å². The first-order chi connectivity index (χ1) is 19.3. The Morgan fingerprint density at radius 3 is 2.32 bits per heavy atom. The Labute approximate surface area is 252 Å². The Morgan fingerprint density at radius 1 is 0.902 bits per heavy atom. The van der Waals surface area contributed by atoms with Gasteiger partial charge in [0.1, 0.15) is 0 Å². The predicted molar refractivity (Wildman–Crippen MR) is 154 cm³/mol. The van der Waals surface area contributed by atoms with Crippen molar-refractivity contribution < 1.29 is 22.8 Å². The zero-order valence-corrected chi connectivity index (χ0v) is 24.5. The second-order valence-corrected chi connectivity index (χ2v) is 11.0. The molecule has 0 saturated heterocycles. The third kappa shape index (κ3) is 7.53. The molecule has 0 spiro atoms.